The predicted molar refractivity (Wildman–Crippen MR) is 141 cm³/mol. The van der Waals surface area contributed by atoms with Crippen LogP contribution in [0.25, 0.3) is 22.4 Å². The van der Waals surface area contributed by atoms with Crippen molar-refractivity contribution < 1.29 is 27.1 Å². The number of carbonyl (C=O) groups is 1. The van der Waals surface area contributed by atoms with Gasteiger partial charge in [-0.2, -0.15) is 8.42 Å². The second-order valence-corrected chi connectivity index (χ2v) is 11.1. The van der Waals surface area contributed by atoms with E-state index in [9.17, 15) is 27.1 Å². The molecule has 0 fully saturated rings. The summed E-state index contributed by atoms with van der Waals surface area (Å²) in [5.41, 5.74) is 5.33. The van der Waals surface area contributed by atoms with Gasteiger partial charge in [0.1, 0.15) is 39.5 Å². The third-order valence-corrected chi connectivity index (χ3v) is 6.95. The lowest BCUT2D eigenvalue weighted by Gasteiger charge is -2.17. The van der Waals surface area contributed by atoms with E-state index < -0.39 is 43.5 Å². The SMILES string of the molecule is CC(C)(C)C(N)=NS(=O)(=O)c1cc(C(=O)C(=C(O)c2cccc(F)c2)c2nc3ccccc3[nH]2)ccc1F. The number of benzene rings is 3. The molecule has 0 amide bonds. The second kappa shape index (κ2) is 9.82. The Hall–Kier alpha value is -4.38. The minimum atomic E-state index is -4.63. The number of nitrogens with one attached hydrogen (secondary N) is 1. The van der Waals surface area contributed by atoms with Crippen LogP contribution in [0.3, 0.4) is 0 Å². The van der Waals surface area contributed by atoms with E-state index in [0.717, 1.165) is 24.3 Å². The number of aromatic amines is 1. The Morgan fingerprint density at radius 3 is 2.37 bits per heavy atom. The molecular weight excluding hydrogens is 514 g/mol. The summed E-state index contributed by atoms with van der Waals surface area (Å²) in [6, 6.07) is 14.5. The van der Waals surface area contributed by atoms with Crippen molar-refractivity contribution in [3.05, 3.63) is 95.3 Å². The van der Waals surface area contributed by atoms with Gasteiger partial charge in [0.05, 0.1) is 11.0 Å². The van der Waals surface area contributed by atoms with E-state index >= 15 is 0 Å². The Morgan fingerprint density at radius 1 is 1.00 bits per heavy atom. The molecule has 0 atom stereocenters. The van der Waals surface area contributed by atoms with Crippen molar-refractivity contribution in [2.45, 2.75) is 25.7 Å². The minimum absolute atomic E-state index is 0.0219. The lowest BCUT2D eigenvalue weighted by atomic mass is 9.96. The summed E-state index contributed by atoms with van der Waals surface area (Å²) in [4.78, 5) is 20.2. The number of hydrogen-bond donors (Lipinski definition) is 3. The van der Waals surface area contributed by atoms with Gasteiger partial charge in [0.25, 0.3) is 10.0 Å². The zero-order valence-corrected chi connectivity index (χ0v) is 21.5. The fourth-order valence-corrected chi connectivity index (χ4v) is 4.70. The number of hydrogen-bond acceptors (Lipinski definition) is 5. The molecule has 0 radical (unpaired) electrons. The monoisotopic (exact) mass is 538 g/mol. The third-order valence-electron chi connectivity index (χ3n) is 5.65. The molecular formula is C27H24F2N4O4S. The number of amidine groups is 1. The molecule has 0 saturated carbocycles. The highest BCUT2D eigenvalue weighted by molar-refractivity contribution is 7.90. The molecule has 4 N–H and O–H groups in total. The molecule has 1 aromatic heterocycles. The van der Waals surface area contributed by atoms with Gasteiger partial charge in [0.2, 0.25) is 5.78 Å². The number of halogens is 2. The Labute approximate surface area is 217 Å². The molecule has 196 valence electrons. The fraction of sp³-hybridized carbons (Fsp3) is 0.148. The molecule has 1 heterocycles. The van der Waals surface area contributed by atoms with E-state index in [4.69, 9.17) is 5.73 Å². The molecule has 4 rings (SSSR count). The number of sulfonamides is 1. The third kappa shape index (κ3) is 5.32. The summed E-state index contributed by atoms with van der Waals surface area (Å²) >= 11 is 0. The van der Waals surface area contributed by atoms with Crippen LogP contribution in [-0.2, 0) is 10.0 Å². The predicted octanol–water partition coefficient (Wildman–Crippen LogP) is 5.24. The van der Waals surface area contributed by atoms with E-state index in [1.807, 2.05) is 0 Å². The largest absolute Gasteiger partial charge is 0.506 e. The Bertz CT molecular complexity index is 1700. The van der Waals surface area contributed by atoms with Gasteiger partial charge in [0.15, 0.2) is 0 Å². The maximum absolute atomic E-state index is 14.7. The second-order valence-electron chi connectivity index (χ2n) is 9.51. The normalized spacial score (nSPS) is 13.4. The van der Waals surface area contributed by atoms with Crippen LogP contribution >= 0.6 is 0 Å². The Balaban J connectivity index is 1.91. The van der Waals surface area contributed by atoms with E-state index in [-0.39, 0.29) is 28.4 Å². The molecule has 38 heavy (non-hydrogen) atoms. The van der Waals surface area contributed by atoms with E-state index in [2.05, 4.69) is 14.4 Å². The van der Waals surface area contributed by atoms with Crippen molar-refractivity contribution >= 4 is 44.0 Å². The van der Waals surface area contributed by atoms with Crippen LogP contribution in [0.2, 0.25) is 0 Å². The van der Waals surface area contributed by atoms with Crippen LogP contribution < -0.4 is 5.73 Å². The van der Waals surface area contributed by atoms with Crippen molar-refractivity contribution in [3.63, 3.8) is 0 Å². The van der Waals surface area contributed by atoms with Crippen molar-refractivity contribution in [1.82, 2.24) is 9.97 Å². The van der Waals surface area contributed by atoms with Gasteiger partial charge >= 0.3 is 0 Å². The topological polar surface area (TPSA) is 138 Å². The molecule has 8 nitrogen and oxygen atoms in total. The Kier molecular flexibility index (Phi) is 6.90. The van der Waals surface area contributed by atoms with Gasteiger partial charge in [-0.3, -0.25) is 4.79 Å². The molecule has 0 unspecified atom stereocenters. The maximum atomic E-state index is 14.7. The number of aromatic nitrogens is 2. The molecule has 4 aromatic rings. The average molecular weight is 539 g/mol. The lowest BCUT2D eigenvalue weighted by molar-refractivity contribution is 0.105. The molecule has 0 aliphatic carbocycles. The van der Waals surface area contributed by atoms with Crippen LogP contribution in [0.1, 0.15) is 42.5 Å². The zero-order chi connectivity index (χ0) is 27.8. The molecule has 11 heteroatoms. The highest BCUT2D eigenvalue weighted by Gasteiger charge is 2.28. The summed E-state index contributed by atoms with van der Waals surface area (Å²) in [7, 11) is -4.63. The summed E-state index contributed by atoms with van der Waals surface area (Å²) in [5.74, 6) is -3.61. The Morgan fingerprint density at radius 2 is 1.71 bits per heavy atom. The summed E-state index contributed by atoms with van der Waals surface area (Å²) in [6.45, 7) is 4.91. The fourth-order valence-electron chi connectivity index (χ4n) is 3.48. The van der Waals surface area contributed by atoms with Crippen molar-refractivity contribution in [2.24, 2.45) is 15.5 Å². The summed E-state index contributed by atoms with van der Waals surface area (Å²) in [6.07, 6.45) is 0. The number of fused-ring (bicyclic) bond motifs is 1. The molecule has 3 aromatic carbocycles. The van der Waals surface area contributed by atoms with Gasteiger partial charge in [0, 0.05) is 16.5 Å². The minimum Gasteiger partial charge on any atom is -0.506 e. The van der Waals surface area contributed by atoms with E-state index in [0.29, 0.717) is 11.0 Å². The standard InChI is InChI=1S/C27H24F2N4O4S/c1-27(2,3)26(30)33-38(36,37)21-14-16(11-12-18(21)29)24(35)22(23(34)15-7-6-8-17(28)13-15)25-31-19-9-4-5-10-20(19)32-25/h4-14,34H,1-3H3,(H2,30,33)(H,31,32). The van der Waals surface area contributed by atoms with Crippen molar-refractivity contribution in [3.8, 4) is 0 Å². The number of imidazole rings is 1. The van der Waals surface area contributed by atoms with Crippen LogP contribution in [0.15, 0.2) is 76.0 Å². The van der Waals surface area contributed by atoms with Crippen LogP contribution in [0.4, 0.5) is 8.78 Å². The number of aliphatic hydroxyl groups is 1. The zero-order valence-electron chi connectivity index (χ0n) is 20.7. The first-order chi connectivity index (χ1) is 17.8. The first kappa shape index (κ1) is 26.7. The van der Waals surface area contributed by atoms with Crippen LogP contribution in [-0.4, -0.2) is 35.1 Å². The van der Waals surface area contributed by atoms with E-state index in [1.54, 1.807) is 45.0 Å². The first-order valence-electron chi connectivity index (χ1n) is 11.4. The average Bonchev–Trinajstić information content (AvgIpc) is 3.27. The number of nitrogens with two attached hydrogens (primary N) is 1. The summed E-state index contributed by atoms with van der Waals surface area (Å²) in [5, 5.41) is 11.1. The van der Waals surface area contributed by atoms with Crippen LogP contribution in [0.5, 0.6) is 0 Å². The summed E-state index contributed by atoms with van der Waals surface area (Å²) < 4.78 is 57.9. The molecule has 0 spiro atoms. The molecule has 0 aliphatic rings. The number of H-pyrrole nitrogens is 1. The number of rotatable bonds is 6. The number of para-hydroxylation sites is 2. The van der Waals surface area contributed by atoms with Gasteiger partial charge in [-0.05, 0) is 42.5 Å². The highest BCUT2D eigenvalue weighted by Crippen LogP contribution is 2.30. The molecule has 0 saturated heterocycles. The number of Topliss-reactive ketones (excluding diaryl/α,β-unsaturated/α-hetero) is 1. The van der Waals surface area contributed by atoms with E-state index in [1.165, 1.54) is 18.2 Å². The number of ketones is 1. The molecule has 0 bridgehead atoms. The maximum Gasteiger partial charge on any atom is 0.286 e. The number of nitrogens with zero attached hydrogens (tertiary/aromatic N) is 2. The van der Waals surface area contributed by atoms with Gasteiger partial charge in [-0.25, -0.2) is 13.8 Å². The first-order valence-corrected chi connectivity index (χ1v) is 12.8. The number of carbonyl (C=O) groups excluding carboxylic acids is 1. The molecule has 0 aliphatic heterocycles. The van der Waals surface area contributed by atoms with Gasteiger partial charge in [-0.15, -0.1) is 4.40 Å². The van der Waals surface area contributed by atoms with Crippen LogP contribution in [0, 0.1) is 17.0 Å². The van der Waals surface area contributed by atoms with Gasteiger partial charge < -0.3 is 15.8 Å². The van der Waals surface area contributed by atoms with Gasteiger partial charge in [-0.1, -0.05) is 45.0 Å². The quantitative estimate of drug-likeness (QED) is 0.101. The highest BCUT2D eigenvalue weighted by atomic mass is 32.2. The number of allylic oxidation sites excluding steroid dienone is 1. The smallest absolute Gasteiger partial charge is 0.286 e. The van der Waals surface area contributed by atoms with Crippen molar-refractivity contribution in [2.75, 3.05) is 0 Å². The number of aliphatic hydroxyl groups excluding tert-OH is 1. The lowest BCUT2D eigenvalue weighted by Crippen LogP contribution is -2.30. The van der Waals surface area contributed by atoms with Crippen molar-refractivity contribution in [1.29, 1.82) is 0 Å².